The fourth-order valence-corrected chi connectivity index (χ4v) is 13.6. The van der Waals surface area contributed by atoms with Crippen LogP contribution in [0.25, 0.3) is 0 Å². The van der Waals surface area contributed by atoms with Gasteiger partial charge in [-0.05, 0) is 37.5 Å². The molecule has 17 nitrogen and oxygen atoms in total. The summed E-state index contributed by atoms with van der Waals surface area (Å²) in [6, 6.07) is 0. The lowest BCUT2D eigenvalue weighted by Crippen LogP contribution is -2.30. The second kappa shape index (κ2) is 69.8. The van der Waals surface area contributed by atoms with E-state index in [-0.39, 0.29) is 25.7 Å². The molecule has 0 aromatic heterocycles. The number of phosphoric ester groups is 2. The second-order valence-corrected chi connectivity index (χ2v) is 32.0. The Hall–Kier alpha value is -1.94. The van der Waals surface area contributed by atoms with E-state index >= 15 is 0 Å². The van der Waals surface area contributed by atoms with Gasteiger partial charge in [-0.25, -0.2) is 9.13 Å². The molecule has 0 rings (SSSR count). The zero-order valence-electron chi connectivity index (χ0n) is 63.4. The monoisotopic (exact) mass is 1420 g/mol. The Kier molecular flexibility index (Phi) is 68.4. The van der Waals surface area contributed by atoms with Gasteiger partial charge < -0.3 is 33.8 Å². The van der Waals surface area contributed by atoms with E-state index in [1.165, 1.54) is 218 Å². The molecule has 5 atom stereocenters. The minimum atomic E-state index is -4.96. The Morgan fingerprint density at radius 2 is 0.474 bits per heavy atom. The number of unbranched alkanes of at least 4 members (excludes halogenated alkanes) is 47. The fraction of sp³-hybridized carbons (Fsp3) is 0.949. The van der Waals surface area contributed by atoms with Gasteiger partial charge in [0.2, 0.25) is 0 Å². The van der Waals surface area contributed by atoms with Crippen molar-refractivity contribution in [1.29, 1.82) is 0 Å². The Bertz CT molecular complexity index is 1870. The van der Waals surface area contributed by atoms with Gasteiger partial charge in [0.25, 0.3) is 0 Å². The summed E-state index contributed by atoms with van der Waals surface area (Å²) in [5.74, 6) is -0.608. The van der Waals surface area contributed by atoms with Crippen molar-refractivity contribution in [2.24, 2.45) is 11.8 Å². The highest BCUT2D eigenvalue weighted by Gasteiger charge is 2.30. The normalized spacial score (nSPS) is 14.0. The van der Waals surface area contributed by atoms with E-state index in [2.05, 4.69) is 41.5 Å². The van der Waals surface area contributed by atoms with E-state index in [1.807, 2.05) is 0 Å². The number of aliphatic hydroxyl groups excluding tert-OH is 1. The summed E-state index contributed by atoms with van der Waals surface area (Å²) in [7, 11) is -9.91. The number of esters is 4. The van der Waals surface area contributed by atoms with Crippen LogP contribution in [0.3, 0.4) is 0 Å². The van der Waals surface area contributed by atoms with Crippen molar-refractivity contribution < 1.29 is 80.2 Å². The van der Waals surface area contributed by atoms with Gasteiger partial charge in [0.1, 0.15) is 19.3 Å². The molecule has 576 valence electrons. The molecule has 0 bridgehead atoms. The number of phosphoric acid groups is 2. The molecule has 0 aliphatic heterocycles. The summed E-state index contributed by atoms with van der Waals surface area (Å²) in [5.41, 5.74) is 0. The van der Waals surface area contributed by atoms with E-state index in [9.17, 15) is 43.2 Å². The molecule has 97 heavy (non-hydrogen) atoms. The number of rotatable bonds is 77. The summed E-state index contributed by atoms with van der Waals surface area (Å²) < 4.78 is 68.6. The number of aliphatic hydroxyl groups is 1. The number of carbonyl (C=O) groups excluding carboxylic acids is 4. The van der Waals surface area contributed by atoms with Gasteiger partial charge in [-0.2, -0.15) is 0 Å². The molecule has 0 saturated carbocycles. The third-order valence-electron chi connectivity index (χ3n) is 18.2. The predicted molar refractivity (Wildman–Crippen MR) is 395 cm³/mol. The first-order valence-corrected chi connectivity index (χ1v) is 43.5. The van der Waals surface area contributed by atoms with Crippen molar-refractivity contribution in [2.75, 3.05) is 39.6 Å². The van der Waals surface area contributed by atoms with Crippen LogP contribution in [-0.4, -0.2) is 96.7 Å². The molecule has 19 heteroatoms. The van der Waals surface area contributed by atoms with Crippen molar-refractivity contribution in [3.63, 3.8) is 0 Å². The highest BCUT2D eigenvalue weighted by Crippen LogP contribution is 2.45. The maximum atomic E-state index is 13.1. The number of carbonyl (C=O) groups is 4. The molecule has 0 aromatic carbocycles. The quantitative estimate of drug-likeness (QED) is 0.0222. The number of ether oxygens (including phenoxy) is 4. The first-order chi connectivity index (χ1) is 46.9. The number of hydrogen-bond donors (Lipinski definition) is 3. The van der Waals surface area contributed by atoms with Crippen LogP contribution in [-0.2, 0) is 65.4 Å². The van der Waals surface area contributed by atoms with Crippen LogP contribution in [0.2, 0.25) is 0 Å². The zero-order valence-corrected chi connectivity index (χ0v) is 65.2. The van der Waals surface area contributed by atoms with Gasteiger partial charge in [0.05, 0.1) is 26.4 Å². The van der Waals surface area contributed by atoms with Crippen molar-refractivity contribution in [2.45, 2.75) is 426 Å². The molecular formula is C78H152O17P2. The van der Waals surface area contributed by atoms with Crippen molar-refractivity contribution in [1.82, 2.24) is 0 Å². The average molecular weight is 1420 g/mol. The third kappa shape index (κ3) is 72.2. The van der Waals surface area contributed by atoms with Crippen molar-refractivity contribution in [3.8, 4) is 0 Å². The molecule has 3 N–H and O–H groups in total. The molecule has 0 fully saturated rings. The van der Waals surface area contributed by atoms with E-state index in [1.54, 1.807) is 0 Å². The molecule has 0 radical (unpaired) electrons. The minimum absolute atomic E-state index is 0.107. The standard InChI is InChI=1S/C78H152O17P2/c1-7-9-11-13-15-17-19-21-22-23-24-25-30-34-38-44-51-57-63-78(83)94-73(66-88-75(80)60-54-48-42-36-33-29-27-26-28-31-35-40-46-52-58-70(3)4)68-92-96(84,85)90-64-72(79)65-91-97(86,87)93-69-74(67-89-76(81)61-55-49-45-39-41-47-53-59-71(5)6)95-77(82)62-56-50-43-37-32-20-18-16-14-12-10-8-2/h70-74,79H,7-69H2,1-6H3,(H,84,85)(H,86,87)/t72-,73-,74-/m1/s1. The molecule has 0 aromatic rings. The first-order valence-electron chi connectivity index (χ1n) is 40.5. The molecule has 0 heterocycles. The molecular weight excluding hydrogens is 1270 g/mol. The van der Waals surface area contributed by atoms with Crippen LogP contribution < -0.4 is 0 Å². The van der Waals surface area contributed by atoms with Crippen LogP contribution in [0.4, 0.5) is 0 Å². The van der Waals surface area contributed by atoms with Gasteiger partial charge in [0, 0.05) is 25.7 Å². The Labute approximate surface area is 594 Å². The Morgan fingerprint density at radius 3 is 0.701 bits per heavy atom. The highest BCUT2D eigenvalue weighted by atomic mass is 31.2. The van der Waals surface area contributed by atoms with Gasteiger partial charge in [0.15, 0.2) is 12.2 Å². The third-order valence-corrected chi connectivity index (χ3v) is 20.1. The maximum absolute atomic E-state index is 13.1. The summed E-state index contributed by atoms with van der Waals surface area (Å²) >= 11 is 0. The molecule has 2 unspecified atom stereocenters. The SMILES string of the molecule is CCCCCCCCCCCCCCCCCCCCC(=O)O[C@H](COC(=O)CCCCCCCCCCCCCCCCC(C)C)COP(=O)(O)OC[C@@H](O)COP(=O)(O)OC[C@@H](COC(=O)CCCCCCCCCC(C)C)OC(=O)CCCCCCCCCCCCCC. The first kappa shape index (κ1) is 95.1. The Balaban J connectivity index is 5.23. The van der Waals surface area contributed by atoms with Gasteiger partial charge in [-0.1, -0.05) is 356 Å². The molecule has 0 aliphatic carbocycles. The summed E-state index contributed by atoms with van der Waals surface area (Å²) in [4.78, 5) is 72.9. The molecule has 0 amide bonds. The smallest absolute Gasteiger partial charge is 0.462 e. The highest BCUT2D eigenvalue weighted by molar-refractivity contribution is 7.47. The van der Waals surface area contributed by atoms with Gasteiger partial charge >= 0.3 is 39.5 Å². The number of hydrogen-bond acceptors (Lipinski definition) is 15. The predicted octanol–water partition coefficient (Wildman–Crippen LogP) is 23.1. The van der Waals surface area contributed by atoms with Crippen molar-refractivity contribution >= 4 is 39.5 Å². The largest absolute Gasteiger partial charge is 0.472 e. The summed E-state index contributed by atoms with van der Waals surface area (Å²) in [5, 5.41) is 10.6. The van der Waals surface area contributed by atoms with Gasteiger partial charge in [-0.3, -0.25) is 37.3 Å². The summed E-state index contributed by atoms with van der Waals surface area (Å²) in [6.45, 7) is 9.58. The van der Waals surface area contributed by atoms with Crippen LogP contribution in [0, 0.1) is 11.8 Å². The lowest BCUT2D eigenvalue weighted by atomic mass is 10.0. The summed E-state index contributed by atoms with van der Waals surface area (Å²) in [6.07, 6.45) is 58.3. The van der Waals surface area contributed by atoms with Crippen molar-refractivity contribution in [3.05, 3.63) is 0 Å². The Morgan fingerprint density at radius 1 is 0.278 bits per heavy atom. The van der Waals surface area contributed by atoms with E-state index in [0.29, 0.717) is 31.6 Å². The zero-order chi connectivity index (χ0) is 71.4. The van der Waals surface area contributed by atoms with Crippen LogP contribution in [0.15, 0.2) is 0 Å². The topological polar surface area (TPSA) is 237 Å². The van der Waals surface area contributed by atoms with E-state index in [4.69, 9.17) is 37.0 Å². The van der Waals surface area contributed by atoms with Crippen LogP contribution in [0.5, 0.6) is 0 Å². The average Bonchev–Trinajstić information content (AvgIpc) is 1.54. The van der Waals surface area contributed by atoms with E-state index < -0.39 is 97.5 Å². The lowest BCUT2D eigenvalue weighted by Gasteiger charge is -2.21. The molecule has 0 saturated heterocycles. The van der Waals surface area contributed by atoms with Crippen LogP contribution >= 0.6 is 15.6 Å². The lowest BCUT2D eigenvalue weighted by molar-refractivity contribution is -0.161. The van der Waals surface area contributed by atoms with E-state index in [0.717, 1.165) is 102 Å². The second-order valence-electron chi connectivity index (χ2n) is 29.1. The fourth-order valence-electron chi connectivity index (χ4n) is 12.0. The minimum Gasteiger partial charge on any atom is -0.462 e. The maximum Gasteiger partial charge on any atom is 0.472 e. The van der Waals surface area contributed by atoms with Gasteiger partial charge in [-0.15, -0.1) is 0 Å². The van der Waals surface area contributed by atoms with Crippen LogP contribution in [0.1, 0.15) is 408 Å². The molecule has 0 aliphatic rings. The molecule has 0 spiro atoms.